The molecule has 0 spiro atoms. The molecule has 0 bridgehead atoms. The lowest BCUT2D eigenvalue weighted by atomic mass is 9.74. The van der Waals surface area contributed by atoms with Gasteiger partial charge in [0, 0.05) is 11.8 Å². The molecule has 0 fully saturated rings. The van der Waals surface area contributed by atoms with Crippen molar-refractivity contribution in [3.63, 3.8) is 0 Å². The summed E-state index contributed by atoms with van der Waals surface area (Å²) in [6.45, 7) is 0. The van der Waals surface area contributed by atoms with E-state index in [0.29, 0.717) is 11.8 Å². The lowest BCUT2D eigenvalue weighted by molar-refractivity contribution is 0.679. The normalized spacial score (nSPS) is 17.9. The van der Waals surface area contributed by atoms with Crippen LogP contribution in [0.25, 0.3) is 60.1 Å². The summed E-state index contributed by atoms with van der Waals surface area (Å²) >= 11 is 0. The van der Waals surface area contributed by atoms with Crippen LogP contribution in [-0.2, 0) is 0 Å². The van der Waals surface area contributed by atoms with E-state index in [-0.39, 0.29) is 0 Å². The van der Waals surface area contributed by atoms with E-state index in [0.717, 1.165) is 0 Å². The number of rotatable bonds is 3. The summed E-state index contributed by atoms with van der Waals surface area (Å²) in [5.41, 5.74) is 7.87. The monoisotopic (exact) mass is 508 g/mol. The third kappa shape index (κ3) is 3.53. The minimum Gasteiger partial charge on any atom is -0.0767 e. The summed E-state index contributed by atoms with van der Waals surface area (Å²) in [4.78, 5) is 0. The van der Waals surface area contributed by atoms with E-state index >= 15 is 0 Å². The zero-order chi connectivity index (χ0) is 26.5. The molecule has 0 saturated carbocycles. The zero-order valence-electron chi connectivity index (χ0n) is 22.2. The molecule has 0 aromatic heterocycles. The molecule has 0 nitrogen and oxygen atoms in total. The Morgan fingerprint density at radius 2 is 0.875 bits per heavy atom. The average molecular weight is 509 g/mol. The van der Waals surface area contributed by atoms with E-state index < -0.39 is 0 Å². The average Bonchev–Trinajstić information content (AvgIpc) is 3.03. The molecule has 188 valence electrons. The van der Waals surface area contributed by atoms with Crippen molar-refractivity contribution >= 4 is 37.9 Å². The number of allylic oxidation sites excluding steroid dienone is 8. The fourth-order valence-corrected chi connectivity index (χ4v) is 6.88. The van der Waals surface area contributed by atoms with E-state index in [1.165, 1.54) is 65.7 Å². The first-order valence-corrected chi connectivity index (χ1v) is 14.1. The van der Waals surface area contributed by atoms with Crippen LogP contribution in [0.1, 0.15) is 5.56 Å². The summed E-state index contributed by atoms with van der Waals surface area (Å²) in [7, 11) is 0. The Balaban J connectivity index is 1.46. The highest BCUT2D eigenvalue weighted by molar-refractivity contribution is 6.22. The van der Waals surface area contributed by atoms with E-state index in [1.807, 2.05) is 0 Å². The smallest absolute Gasteiger partial charge is 0.0125 e. The lowest BCUT2D eigenvalue weighted by Gasteiger charge is -2.29. The van der Waals surface area contributed by atoms with Crippen LogP contribution in [-0.4, -0.2) is 0 Å². The van der Waals surface area contributed by atoms with Gasteiger partial charge in [0.15, 0.2) is 0 Å². The van der Waals surface area contributed by atoms with Gasteiger partial charge in [-0.1, -0.05) is 158 Å². The van der Waals surface area contributed by atoms with Gasteiger partial charge in [-0.2, -0.15) is 0 Å². The maximum Gasteiger partial charge on any atom is 0.0125 e. The lowest BCUT2D eigenvalue weighted by Crippen LogP contribution is -2.15. The number of hydrogen-bond acceptors (Lipinski definition) is 0. The Morgan fingerprint density at radius 3 is 1.55 bits per heavy atom. The van der Waals surface area contributed by atoms with Crippen molar-refractivity contribution in [1.29, 1.82) is 0 Å². The summed E-state index contributed by atoms with van der Waals surface area (Å²) < 4.78 is 0. The predicted molar refractivity (Wildman–Crippen MR) is 172 cm³/mol. The van der Waals surface area contributed by atoms with Crippen molar-refractivity contribution in [1.82, 2.24) is 0 Å². The first kappa shape index (κ1) is 23.0. The summed E-state index contributed by atoms with van der Waals surface area (Å²) in [5, 5.41) is 7.80. The molecule has 2 aliphatic carbocycles. The quantitative estimate of drug-likeness (QED) is 0.209. The Kier molecular flexibility index (Phi) is 5.38. The molecule has 0 amide bonds. The topological polar surface area (TPSA) is 0 Å². The fraction of sp³-hybridized carbons (Fsp3) is 0.0500. The number of benzene rings is 6. The maximum atomic E-state index is 2.37. The van der Waals surface area contributed by atoms with Crippen LogP contribution in [0, 0.1) is 11.8 Å². The molecule has 2 aliphatic rings. The number of hydrogen-bond donors (Lipinski definition) is 0. The number of fused-ring (bicyclic) bond motifs is 4. The molecule has 8 rings (SSSR count). The van der Waals surface area contributed by atoms with E-state index in [2.05, 4.69) is 158 Å². The predicted octanol–water partition coefficient (Wildman–Crippen LogP) is 10.8. The first-order valence-electron chi connectivity index (χ1n) is 14.1. The van der Waals surface area contributed by atoms with Gasteiger partial charge in [0.05, 0.1) is 0 Å². The standard InChI is InChI=1S/C40H28/c1-2-13-27(14-3-1)30-25-26-38(32-19-7-6-18-31(30)32)40-36-22-10-8-20-34(36)39(35-21-9-11-23-37(35)40)33-24-12-16-28-15-4-5-17-29(28)33/h1-26,28-29H. The highest BCUT2D eigenvalue weighted by Gasteiger charge is 2.27. The van der Waals surface area contributed by atoms with Crippen molar-refractivity contribution in [2.45, 2.75) is 0 Å². The molecule has 40 heavy (non-hydrogen) atoms. The van der Waals surface area contributed by atoms with E-state index in [9.17, 15) is 0 Å². The zero-order valence-corrected chi connectivity index (χ0v) is 22.2. The van der Waals surface area contributed by atoms with Crippen LogP contribution >= 0.6 is 0 Å². The Morgan fingerprint density at radius 1 is 0.375 bits per heavy atom. The Hall–Kier alpha value is -4.94. The first-order chi connectivity index (χ1) is 19.9. The van der Waals surface area contributed by atoms with Gasteiger partial charge in [-0.3, -0.25) is 0 Å². The van der Waals surface area contributed by atoms with Crippen LogP contribution in [0.15, 0.2) is 158 Å². The van der Waals surface area contributed by atoms with Gasteiger partial charge in [0.25, 0.3) is 0 Å². The van der Waals surface area contributed by atoms with Crippen LogP contribution < -0.4 is 0 Å². The Bertz CT molecular complexity index is 1990. The molecule has 0 N–H and O–H groups in total. The fourth-order valence-electron chi connectivity index (χ4n) is 6.88. The van der Waals surface area contributed by atoms with E-state index in [4.69, 9.17) is 0 Å². The van der Waals surface area contributed by atoms with Crippen LogP contribution in [0.4, 0.5) is 0 Å². The van der Waals surface area contributed by atoms with Gasteiger partial charge in [0.2, 0.25) is 0 Å². The molecular weight excluding hydrogens is 480 g/mol. The summed E-state index contributed by atoms with van der Waals surface area (Å²) in [6, 6.07) is 42.3. The molecule has 0 radical (unpaired) electrons. The highest BCUT2D eigenvalue weighted by Crippen LogP contribution is 2.48. The summed E-state index contributed by atoms with van der Waals surface area (Å²) in [5.74, 6) is 0.746. The minimum atomic E-state index is 0.346. The third-order valence-corrected chi connectivity index (χ3v) is 8.64. The highest BCUT2D eigenvalue weighted by atomic mass is 14.3. The van der Waals surface area contributed by atoms with Crippen LogP contribution in [0.3, 0.4) is 0 Å². The minimum absolute atomic E-state index is 0.346. The van der Waals surface area contributed by atoms with Gasteiger partial charge in [0.1, 0.15) is 0 Å². The van der Waals surface area contributed by atoms with Gasteiger partial charge >= 0.3 is 0 Å². The van der Waals surface area contributed by atoms with E-state index in [1.54, 1.807) is 0 Å². The van der Waals surface area contributed by atoms with Gasteiger partial charge < -0.3 is 0 Å². The largest absolute Gasteiger partial charge is 0.0767 e. The van der Waals surface area contributed by atoms with Gasteiger partial charge in [-0.05, 0) is 65.7 Å². The maximum absolute atomic E-state index is 2.37. The Labute approximate surface area is 234 Å². The van der Waals surface area contributed by atoms with Gasteiger partial charge in [-0.25, -0.2) is 0 Å². The van der Waals surface area contributed by atoms with Crippen molar-refractivity contribution < 1.29 is 0 Å². The molecule has 2 unspecified atom stereocenters. The van der Waals surface area contributed by atoms with Crippen LogP contribution in [0.2, 0.25) is 0 Å². The molecule has 0 heterocycles. The van der Waals surface area contributed by atoms with Crippen molar-refractivity contribution in [2.24, 2.45) is 11.8 Å². The third-order valence-electron chi connectivity index (χ3n) is 8.64. The SMILES string of the molecule is C1=CC2C=CC=C(c3c4ccccc4c(-c4ccc(-c5ccccc5)c5ccccc45)c4ccccc34)C2C=C1. The molecule has 0 aliphatic heterocycles. The second kappa shape index (κ2) is 9.36. The van der Waals surface area contributed by atoms with Crippen molar-refractivity contribution in [3.8, 4) is 22.3 Å². The molecule has 0 saturated heterocycles. The second-order valence-electron chi connectivity index (χ2n) is 10.8. The van der Waals surface area contributed by atoms with Crippen LogP contribution in [0.5, 0.6) is 0 Å². The second-order valence-corrected chi connectivity index (χ2v) is 10.8. The van der Waals surface area contributed by atoms with Gasteiger partial charge in [-0.15, -0.1) is 0 Å². The molecule has 6 aromatic carbocycles. The van der Waals surface area contributed by atoms with Crippen molar-refractivity contribution in [3.05, 3.63) is 163 Å². The molecule has 0 heteroatoms. The molecule has 6 aromatic rings. The molecule has 2 atom stereocenters. The molecular formula is C40H28. The summed E-state index contributed by atoms with van der Waals surface area (Å²) in [6.07, 6.45) is 16.0. The van der Waals surface area contributed by atoms with Crippen molar-refractivity contribution in [2.75, 3.05) is 0 Å².